The van der Waals surface area contributed by atoms with Gasteiger partial charge >= 0.3 is 0 Å². The summed E-state index contributed by atoms with van der Waals surface area (Å²) in [5.41, 5.74) is 4.12. The standard InChI is InChI=1S/C33H24Si/c1-23-16-19-29-31-22-30-25(18-17-24-10-8-9-15-28(24)30)21-33(31)34(32(29)20-23,26-11-4-2-5-12-26)27-13-6-3-7-14-27/h2-22H,1H3. The van der Waals surface area contributed by atoms with Crippen LogP contribution in [0.15, 0.2) is 127 Å². The van der Waals surface area contributed by atoms with Crippen LogP contribution in [-0.2, 0) is 0 Å². The highest BCUT2D eigenvalue weighted by molar-refractivity contribution is 7.22. The molecule has 0 saturated carbocycles. The Balaban J connectivity index is 1.69. The molecule has 0 bridgehead atoms. The minimum absolute atomic E-state index is 1.30. The summed E-state index contributed by atoms with van der Waals surface area (Å²) in [6, 6.07) is 47.9. The molecule has 6 aromatic rings. The Hall–Kier alpha value is -3.94. The van der Waals surface area contributed by atoms with E-state index >= 15 is 0 Å². The fraction of sp³-hybridized carbons (Fsp3) is 0.0303. The van der Waals surface area contributed by atoms with Gasteiger partial charge in [-0.3, -0.25) is 0 Å². The maximum absolute atomic E-state index is 2.51. The molecule has 160 valence electrons. The van der Waals surface area contributed by atoms with Crippen molar-refractivity contribution >= 4 is 50.4 Å². The number of aryl methyl sites for hydroxylation is 1. The molecule has 6 aromatic carbocycles. The van der Waals surface area contributed by atoms with Gasteiger partial charge in [-0.25, -0.2) is 0 Å². The number of benzene rings is 6. The third-order valence-electron chi connectivity index (χ3n) is 7.57. The molecule has 0 spiro atoms. The average molecular weight is 449 g/mol. The SMILES string of the molecule is Cc1ccc2c(c1)[Si](c1ccccc1)(c1ccccc1)c1cc3ccc4ccccc4c3cc1-2. The zero-order valence-corrected chi connectivity index (χ0v) is 20.1. The summed E-state index contributed by atoms with van der Waals surface area (Å²) in [7, 11) is -2.44. The van der Waals surface area contributed by atoms with Gasteiger partial charge in [0.2, 0.25) is 0 Å². The lowest BCUT2D eigenvalue weighted by molar-refractivity contribution is 1.49. The van der Waals surface area contributed by atoms with Crippen LogP contribution in [0.5, 0.6) is 0 Å². The molecule has 0 amide bonds. The molecule has 0 aromatic heterocycles. The zero-order valence-electron chi connectivity index (χ0n) is 19.1. The fourth-order valence-corrected chi connectivity index (χ4v) is 11.4. The molecule has 1 aliphatic heterocycles. The smallest absolute Gasteiger partial charge is 0.0623 e. The van der Waals surface area contributed by atoms with Crippen molar-refractivity contribution < 1.29 is 0 Å². The average Bonchev–Trinajstić information content (AvgIpc) is 3.17. The van der Waals surface area contributed by atoms with Gasteiger partial charge in [-0.15, -0.1) is 0 Å². The Bertz CT molecular complexity index is 1660. The van der Waals surface area contributed by atoms with Gasteiger partial charge in [-0.2, -0.15) is 0 Å². The third-order valence-corrected chi connectivity index (χ3v) is 12.4. The molecule has 1 aliphatic rings. The van der Waals surface area contributed by atoms with Gasteiger partial charge in [0.1, 0.15) is 0 Å². The second kappa shape index (κ2) is 7.28. The van der Waals surface area contributed by atoms with Crippen molar-refractivity contribution in [2.24, 2.45) is 0 Å². The highest BCUT2D eigenvalue weighted by Gasteiger charge is 2.48. The van der Waals surface area contributed by atoms with E-state index < -0.39 is 8.07 Å². The zero-order chi connectivity index (χ0) is 22.7. The van der Waals surface area contributed by atoms with Crippen molar-refractivity contribution in [1.29, 1.82) is 0 Å². The molecule has 0 N–H and O–H groups in total. The summed E-state index contributed by atoms with van der Waals surface area (Å²) in [6.07, 6.45) is 0. The summed E-state index contributed by atoms with van der Waals surface area (Å²) >= 11 is 0. The van der Waals surface area contributed by atoms with Crippen molar-refractivity contribution in [2.45, 2.75) is 6.92 Å². The lowest BCUT2D eigenvalue weighted by Crippen LogP contribution is -2.72. The minimum Gasteiger partial charge on any atom is -0.0623 e. The normalized spacial score (nSPS) is 13.7. The van der Waals surface area contributed by atoms with E-state index in [1.807, 2.05) is 0 Å². The second-order valence-electron chi connectivity index (χ2n) is 9.44. The Labute approximate surface area is 201 Å². The number of rotatable bonds is 2. The predicted molar refractivity (Wildman–Crippen MR) is 149 cm³/mol. The molecule has 0 fully saturated rings. The van der Waals surface area contributed by atoms with Crippen LogP contribution in [-0.4, -0.2) is 8.07 Å². The molecule has 1 heterocycles. The van der Waals surface area contributed by atoms with E-state index in [-0.39, 0.29) is 0 Å². The first-order valence-electron chi connectivity index (χ1n) is 12.0. The molecule has 0 atom stereocenters. The van der Waals surface area contributed by atoms with Crippen molar-refractivity contribution in [3.63, 3.8) is 0 Å². The summed E-state index contributed by atoms with van der Waals surface area (Å²) in [5.74, 6) is 0. The van der Waals surface area contributed by atoms with Gasteiger partial charge in [-0.1, -0.05) is 127 Å². The van der Waals surface area contributed by atoms with Crippen LogP contribution in [0.1, 0.15) is 5.56 Å². The van der Waals surface area contributed by atoms with E-state index in [1.165, 1.54) is 59.0 Å². The van der Waals surface area contributed by atoms with Crippen LogP contribution in [0.4, 0.5) is 0 Å². The third kappa shape index (κ3) is 2.59. The van der Waals surface area contributed by atoms with Crippen LogP contribution in [0.3, 0.4) is 0 Å². The quantitative estimate of drug-likeness (QED) is 0.236. The Morgan fingerprint density at radius 1 is 0.441 bits per heavy atom. The first kappa shape index (κ1) is 19.5. The van der Waals surface area contributed by atoms with Crippen molar-refractivity contribution in [3.05, 3.63) is 133 Å². The molecule has 0 nitrogen and oxygen atoms in total. The largest absolute Gasteiger partial charge is 0.180 e. The van der Waals surface area contributed by atoms with Crippen LogP contribution in [0.25, 0.3) is 32.7 Å². The Kier molecular flexibility index (Phi) is 4.18. The molecule has 1 heteroatoms. The first-order chi connectivity index (χ1) is 16.8. The van der Waals surface area contributed by atoms with E-state index in [2.05, 4.69) is 134 Å². The molecular formula is C33H24Si. The summed E-state index contributed by atoms with van der Waals surface area (Å²) in [5, 5.41) is 11.2. The highest BCUT2D eigenvalue weighted by atomic mass is 28.3. The Morgan fingerprint density at radius 2 is 1.06 bits per heavy atom. The maximum atomic E-state index is 2.51. The first-order valence-corrected chi connectivity index (χ1v) is 14.0. The number of hydrogen-bond donors (Lipinski definition) is 0. The van der Waals surface area contributed by atoms with Gasteiger partial charge in [0, 0.05) is 0 Å². The van der Waals surface area contributed by atoms with E-state index in [9.17, 15) is 0 Å². The number of hydrogen-bond acceptors (Lipinski definition) is 0. The van der Waals surface area contributed by atoms with Gasteiger partial charge in [0.05, 0.1) is 0 Å². The van der Waals surface area contributed by atoms with Crippen molar-refractivity contribution in [1.82, 2.24) is 0 Å². The van der Waals surface area contributed by atoms with E-state index in [4.69, 9.17) is 0 Å². The van der Waals surface area contributed by atoms with E-state index in [1.54, 1.807) is 0 Å². The molecule has 0 unspecified atom stereocenters. The van der Waals surface area contributed by atoms with Gasteiger partial charge in [0.25, 0.3) is 0 Å². The van der Waals surface area contributed by atoms with E-state index in [0.717, 1.165) is 0 Å². The van der Waals surface area contributed by atoms with Gasteiger partial charge < -0.3 is 0 Å². The lowest BCUT2D eigenvalue weighted by Gasteiger charge is -2.31. The van der Waals surface area contributed by atoms with Gasteiger partial charge in [-0.05, 0) is 66.4 Å². The monoisotopic (exact) mass is 448 g/mol. The number of fused-ring (bicyclic) bond motifs is 6. The summed E-state index contributed by atoms with van der Waals surface area (Å²) in [4.78, 5) is 0. The molecule has 0 saturated heterocycles. The predicted octanol–water partition coefficient (Wildman–Crippen LogP) is 5.66. The molecule has 0 aliphatic carbocycles. The summed E-state index contributed by atoms with van der Waals surface area (Å²) < 4.78 is 0. The highest BCUT2D eigenvalue weighted by Crippen LogP contribution is 2.34. The van der Waals surface area contributed by atoms with Crippen molar-refractivity contribution in [2.75, 3.05) is 0 Å². The van der Waals surface area contributed by atoms with E-state index in [0.29, 0.717) is 0 Å². The van der Waals surface area contributed by atoms with Gasteiger partial charge in [0.15, 0.2) is 8.07 Å². The van der Waals surface area contributed by atoms with Crippen LogP contribution >= 0.6 is 0 Å². The maximum Gasteiger partial charge on any atom is 0.180 e. The van der Waals surface area contributed by atoms with Crippen LogP contribution < -0.4 is 20.7 Å². The second-order valence-corrected chi connectivity index (χ2v) is 13.2. The summed E-state index contributed by atoms with van der Waals surface area (Å²) in [6.45, 7) is 2.22. The molecule has 7 rings (SSSR count). The lowest BCUT2D eigenvalue weighted by atomic mass is 9.97. The molecular weight excluding hydrogens is 424 g/mol. The topological polar surface area (TPSA) is 0 Å². The van der Waals surface area contributed by atoms with Crippen LogP contribution in [0, 0.1) is 6.92 Å². The minimum atomic E-state index is -2.44. The van der Waals surface area contributed by atoms with Crippen molar-refractivity contribution in [3.8, 4) is 11.1 Å². The van der Waals surface area contributed by atoms with Crippen LogP contribution in [0.2, 0.25) is 0 Å². The fourth-order valence-electron chi connectivity index (χ4n) is 6.10. The molecule has 34 heavy (non-hydrogen) atoms. The Morgan fingerprint density at radius 3 is 1.79 bits per heavy atom. The molecule has 0 radical (unpaired) electrons.